The first kappa shape index (κ1) is 25.5. The Morgan fingerprint density at radius 2 is 1.64 bits per heavy atom. The molecule has 0 aromatic heterocycles. The van der Waals surface area contributed by atoms with E-state index in [1.807, 2.05) is 60.5 Å². The quantitative estimate of drug-likeness (QED) is 0.495. The molecule has 39 heavy (non-hydrogen) atoms. The molecule has 0 aliphatic carbocycles. The second-order valence-electron chi connectivity index (χ2n) is 10.1. The summed E-state index contributed by atoms with van der Waals surface area (Å²) in [5, 5.41) is 3.52. The zero-order valence-corrected chi connectivity index (χ0v) is 22.6. The highest BCUT2D eigenvalue weighted by atomic mass is 16.6. The van der Waals surface area contributed by atoms with Crippen molar-refractivity contribution < 1.29 is 28.5 Å². The smallest absolute Gasteiger partial charge is 0.227 e. The lowest BCUT2D eigenvalue weighted by atomic mass is 9.83. The van der Waals surface area contributed by atoms with Gasteiger partial charge < -0.3 is 33.9 Å². The Morgan fingerprint density at radius 1 is 0.923 bits per heavy atom. The van der Waals surface area contributed by atoms with Crippen molar-refractivity contribution >= 4 is 5.91 Å². The van der Waals surface area contributed by atoms with E-state index < -0.39 is 0 Å². The molecule has 8 nitrogen and oxygen atoms in total. The van der Waals surface area contributed by atoms with Crippen molar-refractivity contribution in [3.8, 4) is 23.0 Å². The van der Waals surface area contributed by atoms with E-state index in [0.29, 0.717) is 44.3 Å². The summed E-state index contributed by atoms with van der Waals surface area (Å²) in [4.78, 5) is 16.1. The Balaban J connectivity index is 1.42. The van der Waals surface area contributed by atoms with E-state index in [4.69, 9.17) is 23.7 Å². The molecular formula is C31H34N2O6. The molecule has 3 aromatic carbocycles. The van der Waals surface area contributed by atoms with Gasteiger partial charge in [-0.1, -0.05) is 30.3 Å². The number of nitrogens with one attached hydrogen (secondary N) is 1. The highest BCUT2D eigenvalue weighted by molar-refractivity contribution is 5.82. The monoisotopic (exact) mass is 530 g/mol. The van der Waals surface area contributed by atoms with Crippen molar-refractivity contribution in [1.82, 2.24) is 10.2 Å². The van der Waals surface area contributed by atoms with Crippen LogP contribution >= 0.6 is 0 Å². The van der Waals surface area contributed by atoms with Gasteiger partial charge in [0.25, 0.3) is 0 Å². The van der Waals surface area contributed by atoms with Crippen LogP contribution in [0.2, 0.25) is 0 Å². The first-order chi connectivity index (χ1) is 19.1. The molecule has 0 radical (unpaired) electrons. The summed E-state index contributed by atoms with van der Waals surface area (Å²) >= 11 is 0. The van der Waals surface area contributed by atoms with Crippen LogP contribution in [0.3, 0.4) is 0 Å². The van der Waals surface area contributed by atoms with Gasteiger partial charge >= 0.3 is 0 Å². The van der Waals surface area contributed by atoms with Crippen LogP contribution in [-0.2, 0) is 29.0 Å². The van der Waals surface area contributed by atoms with E-state index in [0.717, 1.165) is 39.3 Å². The number of fused-ring (bicyclic) bond motifs is 4. The third kappa shape index (κ3) is 4.68. The average molecular weight is 531 g/mol. The SMILES string of the molecule is CN[C@@H]1c2cc(OC)c(OC)cc2CC(=O)N2C1Cc1cc3c(cc1[C@@H]2COCc1ccccc1)OCCO3. The maximum Gasteiger partial charge on any atom is 0.227 e. The Morgan fingerprint density at radius 3 is 2.36 bits per heavy atom. The van der Waals surface area contributed by atoms with Crippen LogP contribution in [0.25, 0.3) is 0 Å². The van der Waals surface area contributed by atoms with Crippen molar-refractivity contribution in [2.24, 2.45) is 0 Å². The van der Waals surface area contributed by atoms with Crippen LogP contribution in [0.1, 0.15) is 39.9 Å². The molecule has 1 N–H and O–H groups in total. The number of methoxy groups -OCH3 is 2. The summed E-state index contributed by atoms with van der Waals surface area (Å²) < 4.78 is 29.4. The van der Waals surface area contributed by atoms with Gasteiger partial charge in [-0.05, 0) is 65.6 Å². The Kier molecular flexibility index (Phi) is 7.06. The summed E-state index contributed by atoms with van der Waals surface area (Å²) in [5.41, 5.74) is 5.26. The first-order valence-electron chi connectivity index (χ1n) is 13.4. The molecule has 3 aliphatic rings. The molecule has 3 aliphatic heterocycles. The molecule has 0 saturated carbocycles. The number of benzene rings is 3. The van der Waals surface area contributed by atoms with Crippen LogP contribution in [-0.4, -0.2) is 57.9 Å². The predicted octanol–water partition coefficient (Wildman–Crippen LogP) is 4.00. The minimum Gasteiger partial charge on any atom is -0.493 e. The molecule has 8 heteroatoms. The molecule has 3 atom stereocenters. The van der Waals surface area contributed by atoms with E-state index in [9.17, 15) is 4.79 Å². The molecular weight excluding hydrogens is 496 g/mol. The lowest BCUT2D eigenvalue weighted by Crippen LogP contribution is -2.52. The topological polar surface area (TPSA) is 78.5 Å². The Hall–Kier alpha value is -3.75. The van der Waals surface area contributed by atoms with Crippen LogP contribution < -0.4 is 24.3 Å². The number of hydrogen-bond donors (Lipinski definition) is 1. The standard InChI is InChI=1S/C31H34N2O6/c1-32-31-23-16-27(36-3)26(35-2)12-21(23)14-30(34)33-24(31)11-20-13-28-29(39-10-9-38-28)15-22(20)25(33)18-37-17-19-7-5-4-6-8-19/h4-8,12-13,15-16,24-25,31-32H,9-11,14,17-18H2,1-3H3/t24?,25-,31+/m0/s1. The summed E-state index contributed by atoms with van der Waals surface area (Å²) in [7, 11) is 5.19. The maximum atomic E-state index is 14.1. The van der Waals surface area contributed by atoms with Crippen molar-refractivity contribution in [2.45, 2.75) is 37.6 Å². The number of nitrogens with zero attached hydrogens (tertiary/aromatic N) is 1. The zero-order chi connectivity index (χ0) is 26.9. The van der Waals surface area contributed by atoms with Crippen molar-refractivity contribution in [1.29, 1.82) is 0 Å². The highest BCUT2D eigenvalue weighted by Crippen LogP contribution is 2.46. The zero-order valence-electron chi connectivity index (χ0n) is 22.6. The van der Waals surface area contributed by atoms with E-state index in [2.05, 4.69) is 11.4 Å². The minimum absolute atomic E-state index is 0.0556. The number of carbonyl (C=O) groups excluding carboxylic acids is 1. The minimum atomic E-state index is -0.278. The van der Waals surface area contributed by atoms with Gasteiger partial charge in [0.15, 0.2) is 23.0 Å². The van der Waals surface area contributed by atoms with Crippen molar-refractivity contribution in [3.63, 3.8) is 0 Å². The van der Waals surface area contributed by atoms with E-state index in [-0.39, 0.29) is 30.5 Å². The maximum absolute atomic E-state index is 14.1. The fourth-order valence-corrected chi connectivity index (χ4v) is 6.20. The molecule has 3 heterocycles. The van der Waals surface area contributed by atoms with Crippen LogP contribution in [0, 0.1) is 0 Å². The molecule has 204 valence electrons. The van der Waals surface area contributed by atoms with Crippen LogP contribution in [0.15, 0.2) is 54.6 Å². The van der Waals surface area contributed by atoms with Gasteiger partial charge in [0.1, 0.15) is 13.2 Å². The number of carbonyl (C=O) groups is 1. The molecule has 0 fully saturated rings. The largest absolute Gasteiger partial charge is 0.493 e. The number of amides is 1. The van der Waals surface area contributed by atoms with E-state index in [1.165, 1.54) is 0 Å². The third-order valence-electron chi connectivity index (χ3n) is 7.98. The van der Waals surface area contributed by atoms with Gasteiger partial charge in [0, 0.05) is 0 Å². The first-order valence-corrected chi connectivity index (χ1v) is 13.4. The summed E-state index contributed by atoms with van der Waals surface area (Å²) in [6, 6.07) is 17.6. The fraction of sp³-hybridized carbons (Fsp3) is 0.387. The molecule has 1 unspecified atom stereocenters. The molecule has 0 spiro atoms. The normalized spacial score (nSPS) is 21.4. The number of rotatable bonds is 7. The van der Waals surface area contributed by atoms with Crippen LogP contribution in [0.5, 0.6) is 23.0 Å². The molecule has 1 amide bonds. The second-order valence-corrected chi connectivity index (χ2v) is 10.1. The summed E-state index contributed by atoms with van der Waals surface area (Å²) in [6.07, 6.45) is 0.936. The lowest BCUT2D eigenvalue weighted by Gasteiger charge is -2.45. The summed E-state index contributed by atoms with van der Waals surface area (Å²) in [5.74, 6) is 2.80. The van der Waals surface area contributed by atoms with Gasteiger partial charge in [-0.3, -0.25) is 4.79 Å². The fourth-order valence-electron chi connectivity index (χ4n) is 6.20. The number of hydrogen-bond acceptors (Lipinski definition) is 7. The number of ether oxygens (including phenoxy) is 5. The molecule has 6 rings (SSSR count). The predicted molar refractivity (Wildman–Crippen MR) is 146 cm³/mol. The average Bonchev–Trinajstić information content (AvgIpc) is 3.08. The molecule has 3 aromatic rings. The molecule has 0 bridgehead atoms. The molecule has 0 saturated heterocycles. The van der Waals surface area contributed by atoms with E-state index >= 15 is 0 Å². The van der Waals surface area contributed by atoms with Gasteiger partial charge in [-0.2, -0.15) is 0 Å². The Labute approximate surface area is 228 Å². The van der Waals surface area contributed by atoms with Gasteiger partial charge in [0.2, 0.25) is 5.91 Å². The lowest BCUT2D eigenvalue weighted by molar-refractivity contribution is -0.139. The Bertz CT molecular complexity index is 1360. The van der Waals surface area contributed by atoms with Crippen molar-refractivity contribution in [2.75, 3.05) is 41.1 Å². The van der Waals surface area contributed by atoms with Crippen LogP contribution in [0.4, 0.5) is 0 Å². The third-order valence-corrected chi connectivity index (χ3v) is 7.98. The number of likely N-dealkylation sites (N-methyl/N-ethyl adjacent to an activating group) is 1. The van der Waals surface area contributed by atoms with Gasteiger partial charge in [-0.15, -0.1) is 0 Å². The summed E-state index contributed by atoms with van der Waals surface area (Å²) in [6.45, 7) is 1.86. The van der Waals surface area contributed by atoms with Gasteiger partial charge in [0.05, 0.1) is 52.0 Å². The second kappa shape index (κ2) is 10.8. The van der Waals surface area contributed by atoms with Gasteiger partial charge in [-0.25, -0.2) is 0 Å². The van der Waals surface area contributed by atoms with Crippen molar-refractivity contribution in [3.05, 3.63) is 82.4 Å². The highest BCUT2D eigenvalue weighted by Gasteiger charge is 2.45. The van der Waals surface area contributed by atoms with E-state index in [1.54, 1.807) is 14.2 Å².